The van der Waals surface area contributed by atoms with Gasteiger partial charge in [-0.2, -0.15) is 4.98 Å². The highest BCUT2D eigenvalue weighted by Gasteiger charge is 2.23. The number of fused-ring (bicyclic) bond motifs is 1. The topological polar surface area (TPSA) is 76.8 Å². The van der Waals surface area contributed by atoms with Gasteiger partial charge in [-0.15, -0.1) is 0 Å². The number of nitrogens with zero attached hydrogens (tertiary/aromatic N) is 3. The van der Waals surface area contributed by atoms with Gasteiger partial charge < -0.3 is 14.2 Å². The molecule has 3 heterocycles. The average molecular weight is 312 g/mol. The van der Waals surface area contributed by atoms with Gasteiger partial charge in [0, 0.05) is 25.4 Å². The highest BCUT2D eigenvalue weighted by molar-refractivity contribution is 5.79. The van der Waals surface area contributed by atoms with E-state index in [0.717, 1.165) is 42.1 Å². The van der Waals surface area contributed by atoms with E-state index < -0.39 is 0 Å². The number of rotatable bonds is 4. The fourth-order valence-corrected chi connectivity index (χ4v) is 2.98. The van der Waals surface area contributed by atoms with Crippen LogP contribution in [0.4, 0.5) is 0 Å². The van der Waals surface area contributed by atoms with E-state index in [9.17, 15) is 0 Å². The summed E-state index contributed by atoms with van der Waals surface area (Å²) < 4.78 is 10.7. The average Bonchev–Trinajstić information content (AvgIpc) is 3.28. The van der Waals surface area contributed by atoms with Gasteiger partial charge in [-0.05, 0) is 37.5 Å². The summed E-state index contributed by atoms with van der Waals surface area (Å²) in [7, 11) is 0. The highest BCUT2D eigenvalue weighted by Crippen LogP contribution is 2.23. The Morgan fingerprint density at radius 2 is 2.13 bits per heavy atom. The number of benzene rings is 1. The lowest BCUT2D eigenvalue weighted by Crippen LogP contribution is -2.00. The molecule has 1 saturated heterocycles. The third-order valence-corrected chi connectivity index (χ3v) is 4.58. The first-order valence-corrected chi connectivity index (χ1v) is 8.06. The van der Waals surface area contributed by atoms with Crippen LogP contribution in [0.15, 0.2) is 16.7 Å². The van der Waals surface area contributed by atoms with Crippen molar-refractivity contribution in [1.29, 1.82) is 0 Å². The zero-order valence-electron chi connectivity index (χ0n) is 13.4. The predicted molar refractivity (Wildman–Crippen MR) is 85.5 cm³/mol. The maximum Gasteiger partial charge on any atom is 0.227 e. The van der Waals surface area contributed by atoms with Gasteiger partial charge in [0.2, 0.25) is 5.89 Å². The Labute approximate surface area is 134 Å². The van der Waals surface area contributed by atoms with Crippen LogP contribution in [0.2, 0.25) is 0 Å². The molecular formula is C17H20N4O2. The first-order chi connectivity index (χ1) is 11.2. The van der Waals surface area contributed by atoms with E-state index in [1.54, 1.807) is 0 Å². The van der Waals surface area contributed by atoms with Crippen molar-refractivity contribution in [1.82, 2.24) is 20.1 Å². The number of aryl methyl sites for hydroxylation is 4. The summed E-state index contributed by atoms with van der Waals surface area (Å²) in [6.07, 6.45) is 2.43. The normalized spacial score (nSPS) is 18.1. The molecule has 6 heteroatoms. The number of nitrogens with one attached hydrogen (secondary N) is 1. The van der Waals surface area contributed by atoms with Gasteiger partial charge in [-0.1, -0.05) is 11.2 Å². The maximum atomic E-state index is 5.37. The van der Waals surface area contributed by atoms with Crippen molar-refractivity contribution >= 4 is 11.0 Å². The molecule has 0 radical (unpaired) electrons. The minimum atomic E-state index is 0.282. The summed E-state index contributed by atoms with van der Waals surface area (Å²) in [5.74, 6) is 2.68. The van der Waals surface area contributed by atoms with Gasteiger partial charge in [-0.3, -0.25) is 0 Å². The van der Waals surface area contributed by atoms with E-state index in [4.69, 9.17) is 14.2 Å². The molecule has 1 N–H and O–H groups in total. The van der Waals surface area contributed by atoms with E-state index in [2.05, 4.69) is 41.1 Å². The van der Waals surface area contributed by atoms with Crippen molar-refractivity contribution < 1.29 is 9.26 Å². The second-order valence-electron chi connectivity index (χ2n) is 6.19. The Bertz CT molecular complexity index is 830. The molecule has 0 unspecified atom stereocenters. The van der Waals surface area contributed by atoms with Gasteiger partial charge >= 0.3 is 0 Å². The molecule has 120 valence electrons. The maximum absolute atomic E-state index is 5.37. The number of ether oxygens (including phenoxy) is 1. The Morgan fingerprint density at radius 3 is 2.96 bits per heavy atom. The van der Waals surface area contributed by atoms with Crippen molar-refractivity contribution in [3.8, 4) is 0 Å². The summed E-state index contributed by atoms with van der Waals surface area (Å²) in [6.45, 7) is 5.69. The summed E-state index contributed by atoms with van der Waals surface area (Å²) in [6, 6.07) is 4.20. The summed E-state index contributed by atoms with van der Waals surface area (Å²) in [4.78, 5) is 12.6. The minimum Gasteiger partial charge on any atom is -0.381 e. The molecule has 2 aromatic heterocycles. The fourth-order valence-electron chi connectivity index (χ4n) is 2.98. The third-order valence-electron chi connectivity index (χ3n) is 4.58. The molecule has 23 heavy (non-hydrogen) atoms. The number of hydrogen-bond acceptors (Lipinski definition) is 5. The largest absolute Gasteiger partial charge is 0.381 e. The van der Waals surface area contributed by atoms with Gasteiger partial charge in [0.1, 0.15) is 5.82 Å². The third kappa shape index (κ3) is 2.74. The molecule has 0 aliphatic carbocycles. The zero-order valence-corrected chi connectivity index (χ0v) is 13.4. The van der Waals surface area contributed by atoms with Crippen LogP contribution in [-0.4, -0.2) is 33.3 Å². The lowest BCUT2D eigenvalue weighted by molar-refractivity contribution is 0.192. The molecule has 0 amide bonds. The van der Waals surface area contributed by atoms with E-state index in [1.807, 2.05) is 0 Å². The number of hydrogen-bond donors (Lipinski definition) is 1. The Kier molecular flexibility index (Phi) is 3.61. The van der Waals surface area contributed by atoms with Crippen LogP contribution in [0.3, 0.4) is 0 Å². The fraction of sp³-hybridized carbons (Fsp3) is 0.471. The first-order valence-electron chi connectivity index (χ1n) is 8.06. The van der Waals surface area contributed by atoms with E-state index >= 15 is 0 Å². The molecule has 0 saturated carbocycles. The molecule has 1 fully saturated rings. The summed E-state index contributed by atoms with van der Waals surface area (Å²) in [5, 5.41) is 4.08. The smallest absolute Gasteiger partial charge is 0.227 e. The van der Waals surface area contributed by atoms with Crippen LogP contribution < -0.4 is 0 Å². The molecule has 1 atom stereocenters. The quantitative estimate of drug-likeness (QED) is 0.801. The van der Waals surface area contributed by atoms with Crippen LogP contribution in [0.1, 0.15) is 41.0 Å². The van der Waals surface area contributed by atoms with Crippen molar-refractivity contribution in [2.75, 3.05) is 13.2 Å². The minimum absolute atomic E-state index is 0.282. The lowest BCUT2D eigenvalue weighted by Gasteiger charge is -1.98. The number of imidazole rings is 1. The number of aromatic amines is 1. The van der Waals surface area contributed by atoms with Crippen molar-refractivity contribution in [2.24, 2.45) is 0 Å². The van der Waals surface area contributed by atoms with Crippen molar-refractivity contribution in [3.63, 3.8) is 0 Å². The molecule has 1 aliphatic heterocycles. The number of H-pyrrole nitrogens is 1. The first kappa shape index (κ1) is 14.4. The standard InChI is InChI=1S/C17H20N4O2/c1-10-3-4-13-16(11(10)2)19-14(18-13)5-6-15-20-17(21-23-15)12-7-8-22-9-12/h3-4,12H,5-9H2,1-2H3,(H,18,19)/t12-/m1/s1. The highest BCUT2D eigenvalue weighted by atomic mass is 16.5. The van der Waals surface area contributed by atoms with Gasteiger partial charge in [-0.25, -0.2) is 4.98 Å². The molecule has 0 bridgehead atoms. The molecule has 4 rings (SSSR count). The van der Waals surface area contributed by atoms with Gasteiger partial charge in [0.05, 0.1) is 17.6 Å². The Morgan fingerprint density at radius 1 is 1.22 bits per heavy atom. The molecular weight excluding hydrogens is 292 g/mol. The van der Waals surface area contributed by atoms with Crippen LogP contribution in [0.25, 0.3) is 11.0 Å². The second kappa shape index (κ2) is 5.77. The van der Waals surface area contributed by atoms with Crippen molar-refractivity contribution in [3.05, 3.63) is 40.8 Å². The van der Waals surface area contributed by atoms with Gasteiger partial charge in [0.15, 0.2) is 5.82 Å². The second-order valence-corrected chi connectivity index (χ2v) is 6.19. The monoisotopic (exact) mass is 312 g/mol. The van der Waals surface area contributed by atoms with Crippen LogP contribution in [-0.2, 0) is 17.6 Å². The van der Waals surface area contributed by atoms with E-state index in [-0.39, 0.29) is 5.92 Å². The molecule has 1 aliphatic rings. The van der Waals surface area contributed by atoms with Crippen molar-refractivity contribution in [2.45, 2.75) is 39.0 Å². The summed E-state index contributed by atoms with van der Waals surface area (Å²) >= 11 is 0. The molecule has 0 spiro atoms. The molecule has 6 nitrogen and oxygen atoms in total. The molecule has 3 aromatic rings. The summed E-state index contributed by atoms with van der Waals surface area (Å²) in [5.41, 5.74) is 4.62. The van der Waals surface area contributed by atoms with E-state index in [0.29, 0.717) is 18.9 Å². The Balaban J connectivity index is 1.47. The molecule has 1 aromatic carbocycles. The lowest BCUT2D eigenvalue weighted by atomic mass is 10.1. The van der Waals surface area contributed by atoms with E-state index in [1.165, 1.54) is 11.1 Å². The zero-order chi connectivity index (χ0) is 15.8. The SMILES string of the molecule is Cc1ccc2[nH]c(CCc3nc([C@@H]4CCOC4)no3)nc2c1C. The van der Waals surface area contributed by atoms with Crippen LogP contribution in [0, 0.1) is 13.8 Å². The van der Waals surface area contributed by atoms with Crippen LogP contribution in [0.5, 0.6) is 0 Å². The number of aromatic nitrogens is 4. The van der Waals surface area contributed by atoms with Gasteiger partial charge in [0.25, 0.3) is 0 Å². The van der Waals surface area contributed by atoms with Crippen LogP contribution >= 0.6 is 0 Å². The predicted octanol–water partition coefficient (Wildman–Crippen LogP) is 2.85. The Hall–Kier alpha value is -2.21.